The lowest BCUT2D eigenvalue weighted by Gasteiger charge is -2.42. The molecule has 0 amide bonds. The lowest BCUT2D eigenvalue weighted by molar-refractivity contribution is -0.197. The number of aliphatic hydroxyl groups excluding tert-OH is 1. The van der Waals surface area contributed by atoms with Gasteiger partial charge in [-0.1, -0.05) is 60.7 Å². The number of ether oxygens (including phenoxy) is 1. The molecule has 1 aliphatic rings. The van der Waals surface area contributed by atoms with E-state index in [1.807, 2.05) is 55.6 Å². The van der Waals surface area contributed by atoms with Gasteiger partial charge in [0.1, 0.15) is 0 Å². The second-order valence-corrected chi connectivity index (χ2v) is 5.17. The van der Waals surface area contributed by atoms with Crippen LogP contribution in [0.5, 0.6) is 0 Å². The zero-order valence-electron chi connectivity index (χ0n) is 11.5. The van der Waals surface area contributed by atoms with Gasteiger partial charge in [0.2, 0.25) is 0 Å². The molecule has 3 heteroatoms. The number of morpholine rings is 1. The van der Waals surface area contributed by atoms with Gasteiger partial charge in [0, 0.05) is 0 Å². The van der Waals surface area contributed by atoms with E-state index in [4.69, 9.17) is 4.74 Å². The Labute approximate surface area is 119 Å². The Morgan fingerprint density at radius 1 is 0.950 bits per heavy atom. The van der Waals surface area contributed by atoms with Crippen LogP contribution < -0.4 is 0 Å². The van der Waals surface area contributed by atoms with Crippen LogP contribution in [0.25, 0.3) is 0 Å². The van der Waals surface area contributed by atoms with Gasteiger partial charge in [0.15, 0.2) is 6.29 Å². The van der Waals surface area contributed by atoms with Gasteiger partial charge in [-0.25, -0.2) is 0 Å². The quantitative estimate of drug-likeness (QED) is 0.910. The molecule has 3 rings (SSSR count). The van der Waals surface area contributed by atoms with Gasteiger partial charge in [0.05, 0.1) is 18.7 Å². The largest absolute Gasteiger partial charge is 0.366 e. The summed E-state index contributed by atoms with van der Waals surface area (Å²) in [4.78, 5) is 2.19. The monoisotopic (exact) mass is 269 g/mol. The van der Waals surface area contributed by atoms with Crippen molar-refractivity contribution in [3.8, 4) is 0 Å². The van der Waals surface area contributed by atoms with E-state index < -0.39 is 6.29 Å². The first-order chi connectivity index (χ1) is 9.77. The van der Waals surface area contributed by atoms with Gasteiger partial charge in [0.25, 0.3) is 0 Å². The number of likely N-dealkylation sites (N-methyl/N-ethyl adjacent to an activating group) is 1. The van der Waals surface area contributed by atoms with Crippen LogP contribution in [0.1, 0.15) is 23.2 Å². The van der Waals surface area contributed by atoms with E-state index in [1.165, 1.54) is 5.56 Å². The third-order valence-electron chi connectivity index (χ3n) is 3.95. The fraction of sp³-hybridized carbons (Fsp3) is 0.294. The normalized spacial score (nSPS) is 27.4. The van der Waals surface area contributed by atoms with E-state index in [9.17, 15) is 5.11 Å². The molecule has 2 aromatic carbocycles. The van der Waals surface area contributed by atoms with E-state index in [1.54, 1.807) is 0 Å². The Bertz CT molecular complexity index is 543. The van der Waals surface area contributed by atoms with Crippen molar-refractivity contribution >= 4 is 0 Å². The predicted molar refractivity (Wildman–Crippen MR) is 78.1 cm³/mol. The summed E-state index contributed by atoms with van der Waals surface area (Å²) in [6.45, 7) is 0.505. The maximum atomic E-state index is 10.2. The Morgan fingerprint density at radius 2 is 1.50 bits per heavy atom. The Hall–Kier alpha value is -1.68. The van der Waals surface area contributed by atoms with Gasteiger partial charge in [-0.15, -0.1) is 0 Å². The highest BCUT2D eigenvalue weighted by molar-refractivity contribution is 5.24. The van der Waals surface area contributed by atoms with Crippen LogP contribution in [0.15, 0.2) is 60.7 Å². The third kappa shape index (κ3) is 2.48. The smallest absolute Gasteiger partial charge is 0.174 e. The van der Waals surface area contributed by atoms with Crippen molar-refractivity contribution in [3.05, 3.63) is 71.8 Å². The molecule has 0 saturated carbocycles. The summed E-state index contributed by atoms with van der Waals surface area (Å²) in [6.07, 6.45) is -0.789. The molecule has 1 heterocycles. The van der Waals surface area contributed by atoms with Crippen LogP contribution in [-0.2, 0) is 4.74 Å². The molecule has 0 bridgehead atoms. The summed E-state index contributed by atoms with van der Waals surface area (Å²) >= 11 is 0. The van der Waals surface area contributed by atoms with E-state index in [-0.39, 0.29) is 12.1 Å². The number of hydrogen-bond donors (Lipinski definition) is 1. The number of hydrogen-bond acceptors (Lipinski definition) is 3. The van der Waals surface area contributed by atoms with Gasteiger partial charge in [-0.05, 0) is 18.2 Å². The van der Waals surface area contributed by atoms with Gasteiger partial charge < -0.3 is 9.84 Å². The minimum Gasteiger partial charge on any atom is -0.366 e. The average molecular weight is 269 g/mol. The van der Waals surface area contributed by atoms with Crippen LogP contribution in [0.4, 0.5) is 0 Å². The molecule has 0 aromatic heterocycles. The second-order valence-electron chi connectivity index (χ2n) is 5.17. The minimum atomic E-state index is -0.789. The van der Waals surface area contributed by atoms with Crippen LogP contribution in [0, 0.1) is 0 Å². The lowest BCUT2D eigenvalue weighted by atomic mass is 9.98. The zero-order chi connectivity index (χ0) is 13.9. The summed E-state index contributed by atoms with van der Waals surface area (Å²) in [6, 6.07) is 20.3. The summed E-state index contributed by atoms with van der Waals surface area (Å²) in [5.41, 5.74) is 2.28. The van der Waals surface area contributed by atoms with Crippen molar-refractivity contribution in [2.45, 2.75) is 18.4 Å². The van der Waals surface area contributed by atoms with Crippen molar-refractivity contribution < 1.29 is 9.84 Å². The lowest BCUT2D eigenvalue weighted by Crippen LogP contribution is -2.45. The zero-order valence-corrected chi connectivity index (χ0v) is 11.5. The summed E-state index contributed by atoms with van der Waals surface area (Å²) in [5.74, 6) is 0. The Kier molecular flexibility index (Phi) is 3.83. The molecule has 1 saturated heterocycles. The van der Waals surface area contributed by atoms with Crippen LogP contribution in [-0.4, -0.2) is 30.0 Å². The molecule has 3 nitrogen and oxygen atoms in total. The minimum absolute atomic E-state index is 0.143. The molecule has 0 spiro atoms. The average Bonchev–Trinajstić information content (AvgIpc) is 2.49. The molecule has 20 heavy (non-hydrogen) atoms. The molecule has 0 aliphatic carbocycles. The first-order valence-corrected chi connectivity index (χ1v) is 6.89. The standard InChI is InChI=1S/C17H19NO2/c1-18-15(13-8-4-2-5-9-13)12-20-17(19)16(18)14-10-6-3-7-11-14/h2-11,15-17,19H,12H2,1H3. The molecule has 0 radical (unpaired) electrons. The molecule has 1 aliphatic heterocycles. The highest BCUT2D eigenvalue weighted by Gasteiger charge is 2.36. The highest BCUT2D eigenvalue weighted by Crippen LogP contribution is 2.36. The van der Waals surface area contributed by atoms with E-state index in [0.717, 1.165) is 5.56 Å². The van der Waals surface area contributed by atoms with Crippen molar-refractivity contribution in [3.63, 3.8) is 0 Å². The molecular formula is C17H19NO2. The maximum absolute atomic E-state index is 10.2. The topological polar surface area (TPSA) is 32.7 Å². The fourth-order valence-electron chi connectivity index (χ4n) is 2.85. The SMILES string of the molecule is CN1C(c2ccccc2)COC(O)C1c1ccccc1. The third-order valence-corrected chi connectivity index (χ3v) is 3.95. The fourth-order valence-corrected chi connectivity index (χ4v) is 2.85. The number of rotatable bonds is 2. The molecule has 1 fully saturated rings. The van der Waals surface area contributed by atoms with Crippen LogP contribution in [0.3, 0.4) is 0 Å². The number of benzene rings is 2. The van der Waals surface area contributed by atoms with E-state index in [0.29, 0.717) is 6.61 Å². The molecule has 104 valence electrons. The van der Waals surface area contributed by atoms with Gasteiger partial charge in [-0.2, -0.15) is 0 Å². The van der Waals surface area contributed by atoms with Crippen molar-refractivity contribution in [1.29, 1.82) is 0 Å². The van der Waals surface area contributed by atoms with Crippen molar-refractivity contribution in [1.82, 2.24) is 4.90 Å². The summed E-state index contributed by atoms with van der Waals surface area (Å²) in [5, 5.41) is 10.2. The summed E-state index contributed by atoms with van der Waals surface area (Å²) in [7, 11) is 2.04. The van der Waals surface area contributed by atoms with Crippen LogP contribution in [0.2, 0.25) is 0 Å². The van der Waals surface area contributed by atoms with Gasteiger partial charge >= 0.3 is 0 Å². The molecule has 1 N–H and O–H groups in total. The first kappa shape index (κ1) is 13.3. The molecule has 3 unspecified atom stereocenters. The number of nitrogens with zero attached hydrogens (tertiary/aromatic N) is 1. The Balaban J connectivity index is 1.90. The predicted octanol–water partition coefficient (Wildman–Crippen LogP) is 2.75. The second kappa shape index (κ2) is 5.75. The van der Waals surface area contributed by atoms with Crippen molar-refractivity contribution in [2.75, 3.05) is 13.7 Å². The van der Waals surface area contributed by atoms with Crippen LogP contribution >= 0.6 is 0 Å². The highest BCUT2D eigenvalue weighted by atomic mass is 16.6. The maximum Gasteiger partial charge on any atom is 0.174 e. The Morgan fingerprint density at radius 3 is 2.10 bits per heavy atom. The van der Waals surface area contributed by atoms with Gasteiger partial charge in [-0.3, -0.25) is 4.90 Å². The first-order valence-electron chi connectivity index (χ1n) is 6.89. The molecule has 3 atom stereocenters. The molecular weight excluding hydrogens is 250 g/mol. The van der Waals surface area contributed by atoms with E-state index in [2.05, 4.69) is 17.0 Å². The molecule has 2 aromatic rings. The van der Waals surface area contributed by atoms with Crippen molar-refractivity contribution in [2.24, 2.45) is 0 Å². The van der Waals surface area contributed by atoms with E-state index >= 15 is 0 Å². The summed E-state index contributed by atoms with van der Waals surface area (Å²) < 4.78 is 5.60. The number of aliphatic hydroxyl groups is 1.